The number of ether oxygens (including phenoxy) is 1. The van der Waals surface area contributed by atoms with E-state index in [0.29, 0.717) is 50.2 Å². The summed E-state index contributed by atoms with van der Waals surface area (Å²) in [6.07, 6.45) is 0.355. The highest BCUT2D eigenvalue weighted by Gasteiger charge is 2.54. The van der Waals surface area contributed by atoms with Gasteiger partial charge in [-0.1, -0.05) is 5.64 Å². The predicted molar refractivity (Wildman–Crippen MR) is 101 cm³/mol. The minimum atomic E-state index is -0.877. The van der Waals surface area contributed by atoms with Crippen molar-refractivity contribution >= 4 is 17.7 Å². The number of benzene rings is 1. The summed E-state index contributed by atoms with van der Waals surface area (Å²) >= 11 is 0. The standard InChI is InChI=1S/C20H26FN3O5/c1-19(2,3)28-18(26)23-9-7-20(8-10-23)14-12-13(21)4-5-15(14)24(17(20)25)16-6-11-27-22-29-16/h4-5,12,16,22H,6-11H2,1-3H3. The minimum Gasteiger partial charge on any atom is -0.444 e. The molecule has 3 heterocycles. The van der Waals surface area contributed by atoms with Gasteiger partial charge in [-0.05, 0) is 57.4 Å². The van der Waals surface area contributed by atoms with Crippen molar-refractivity contribution in [2.24, 2.45) is 0 Å². The minimum absolute atomic E-state index is 0.129. The van der Waals surface area contributed by atoms with Crippen LogP contribution in [-0.4, -0.2) is 48.4 Å². The molecule has 2 saturated heterocycles. The number of hydrogen-bond donors (Lipinski definition) is 1. The summed E-state index contributed by atoms with van der Waals surface area (Å²) in [7, 11) is 0. The Morgan fingerprint density at radius 3 is 2.66 bits per heavy atom. The smallest absolute Gasteiger partial charge is 0.410 e. The third-order valence-corrected chi connectivity index (χ3v) is 5.63. The van der Waals surface area contributed by atoms with E-state index in [1.54, 1.807) is 15.9 Å². The highest BCUT2D eigenvalue weighted by molar-refractivity contribution is 6.08. The molecule has 0 saturated carbocycles. The summed E-state index contributed by atoms with van der Waals surface area (Å²) in [5.74, 6) is -0.519. The largest absolute Gasteiger partial charge is 0.444 e. The molecule has 0 bridgehead atoms. The number of carbonyl (C=O) groups excluding carboxylic acids is 2. The molecule has 9 heteroatoms. The van der Waals surface area contributed by atoms with Gasteiger partial charge in [-0.3, -0.25) is 19.4 Å². The fraction of sp³-hybridized carbons (Fsp3) is 0.600. The van der Waals surface area contributed by atoms with E-state index in [-0.39, 0.29) is 5.91 Å². The van der Waals surface area contributed by atoms with E-state index < -0.39 is 29.2 Å². The van der Waals surface area contributed by atoms with Crippen molar-refractivity contribution in [1.82, 2.24) is 10.5 Å². The van der Waals surface area contributed by atoms with Crippen molar-refractivity contribution in [2.75, 3.05) is 24.6 Å². The molecule has 1 atom stereocenters. The van der Waals surface area contributed by atoms with Crippen LogP contribution in [0.2, 0.25) is 0 Å². The lowest BCUT2D eigenvalue weighted by molar-refractivity contribution is -0.238. The van der Waals surface area contributed by atoms with Gasteiger partial charge in [-0.2, -0.15) is 0 Å². The molecular formula is C20H26FN3O5. The van der Waals surface area contributed by atoms with Crippen LogP contribution in [0.15, 0.2) is 18.2 Å². The Morgan fingerprint density at radius 1 is 1.31 bits per heavy atom. The lowest BCUT2D eigenvalue weighted by Crippen LogP contribution is -2.54. The number of likely N-dealkylation sites (tertiary alicyclic amines) is 1. The van der Waals surface area contributed by atoms with Gasteiger partial charge < -0.3 is 9.64 Å². The molecule has 8 nitrogen and oxygen atoms in total. The molecule has 1 unspecified atom stereocenters. The fourth-order valence-electron chi connectivity index (χ4n) is 4.26. The number of fused-ring (bicyclic) bond motifs is 2. The van der Waals surface area contributed by atoms with E-state index in [1.807, 2.05) is 20.8 Å². The van der Waals surface area contributed by atoms with Gasteiger partial charge in [0.15, 0.2) is 6.23 Å². The average Bonchev–Trinajstić information content (AvgIpc) is 2.90. The topological polar surface area (TPSA) is 80.3 Å². The molecule has 3 aliphatic heterocycles. The van der Waals surface area contributed by atoms with Gasteiger partial charge in [-0.15, -0.1) is 0 Å². The number of piperidine rings is 1. The van der Waals surface area contributed by atoms with Gasteiger partial charge in [0.2, 0.25) is 5.91 Å². The first-order valence-corrected chi connectivity index (χ1v) is 9.85. The molecule has 4 rings (SSSR count). The number of rotatable bonds is 1. The molecule has 1 N–H and O–H groups in total. The van der Waals surface area contributed by atoms with Crippen molar-refractivity contribution in [3.8, 4) is 0 Å². The van der Waals surface area contributed by atoms with Crippen LogP contribution in [0, 0.1) is 5.82 Å². The summed E-state index contributed by atoms with van der Waals surface area (Å²) in [4.78, 5) is 39.6. The first-order valence-electron chi connectivity index (χ1n) is 9.85. The summed E-state index contributed by atoms with van der Waals surface area (Å²) in [5, 5.41) is 0. The Morgan fingerprint density at radius 2 is 2.03 bits per heavy atom. The zero-order valence-electron chi connectivity index (χ0n) is 16.9. The summed E-state index contributed by atoms with van der Waals surface area (Å²) in [5.41, 5.74) is 2.21. The molecule has 0 aliphatic carbocycles. The Hall–Kier alpha value is -2.23. The van der Waals surface area contributed by atoms with Crippen LogP contribution in [0.3, 0.4) is 0 Å². The number of nitrogens with zero attached hydrogens (tertiary/aromatic N) is 2. The zero-order valence-corrected chi connectivity index (χ0v) is 16.9. The zero-order chi connectivity index (χ0) is 20.8. The number of nitrogens with one attached hydrogen (secondary N) is 1. The Labute approximate surface area is 168 Å². The van der Waals surface area contributed by atoms with Gasteiger partial charge in [-0.25, -0.2) is 9.18 Å². The first-order chi connectivity index (χ1) is 13.7. The quantitative estimate of drug-likeness (QED) is 0.771. The van der Waals surface area contributed by atoms with Crippen LogP contribution >= 0.6 is 0 Å². The maximum absolute atomic E-state index is 14.1. The lowest BCUT2D eigenvalue weighted by atomic mass is 9.73. The molecule has 2 amide bonds. The fourth-order valence-corrected chi connectivity index (χ4v) is 4.26. The average molecular weight is 407 g/mol. The van der Waals surface area contributed by atoms with Crippen LogP contribution in [0.25, 0.3) is 0 Å². The number of hydrogen-bond acceptors (Lipinski definition) is 6. The lowest BCUT2D eigenvalue weighted by Gasteiger charge is -2.39. The van der Waals surface area contributed by atoms with Gasteiger partial charge in [0.1, 0.15) is 11.4 Å². The van der Waals surface area contributed by atoms with Crippen molar-refractivity contribution in [2.45, 2.75) is 57.3 Å². The molecule has 2 fully saturated rings. The van der Waals surface area contributed by atoms with E-state index in [4.69, 9.17) is 14.4 Å². The van der Waals surface area contributed by atoms with Crippen molar-refractivity contribution in [3.63, 3.8) is 0 Å². The van der Waals surface area contributed by atoms with Crippen LogP contribution in [0.5, 0.6) is 0 Å². The van der Waals surface area contributed by atoms with Crippen LogP contribution < -0.4 is 10.5 Å². The molecule has 1 spiro atoms. The van der Waals surface area contributed by atoms with Crippen molar-refractivity contribution in [1.29, 1.82) is 0 Å². The van der Waals surface area contributed by atoms with Crippen LogP contribution in [-0.2, 0) is 24.6 Å². The van der Waals surface area contributed by atoms with Crippen LogP contribution in [0.1, 0.15) is 45.6 Å². The van der Waals surface area contributed by atoms with Crippen LogP contribution in [0.4, 0.5) is 14.9 Å². The maximum Gasteiger partial charge on any atom is 0.410 e. The summed E-state index contributed by atoms with van der Waals surface area (Å²) in [6, 6.07) is 4.40. The first kappa shape index (κ1) is 20.1. The maximum atomic E-state index is 14.1. The Kier molecular flexibility index (Phi) is 5.00. The van der Waals surface area contributed by atoms with E-state index >= 15 is 0 Å². The van der Waals surface area contributed by atoms with Gasteiger partial charge in [0, 0.05) is 19.5 Å². The number of anilines is 1. The number of amides is 2. The Balaban J connectivity index is 1.60. The monoisotopic (exact) mass is 407 g/mol. The van der Waals surface area contributed by atoms with Gasteiger partial charge >= 0.3 is 6.09 Å². The van der Waals surface area contributed by atoms with Gasteiger partial charge in [0.25, 0.3) is 0 Å². The molecule has 0 radical (unpaired) electrons. The Bertz CT molecular complexity index is 811. The normalized spacial score (nSPS) is 24.0. The molecule has 29 heavy (non-hydrogen) atoms. The second-order valence-electron chi connectivity index (χ2n) is 8.68. The predicted octanol–water partition coefficient (Wildman–Crippen LogP) is 2.62. The second kappa shape index (κ2) is 7.23. The van der Waals surface area contributed by atoms with E-state index in [0.717, 1.165) is 0 Å². The number of halogens is 1. The number of carbonyl (C=O) groups is 2. The van der Waals surface area contributed by atoms with Crippen molar-refractivity contribution < 1.29 is 28.4 Å². The molecule has 1 aromatic carbocycles. The second-order valence-corrected chi connectivity index (χ2v) is 8.68. The molecule has 0 aromatic heterocycles. The molecule has 3 aliphatic rings. The third kappa shape index (κ3) is 3.58. The van der Waals surface area contributed by atoms with Crippen molar-refractivity contribution in [3.05, 3.63) is 29.6 Å². The van der Waals surface area contributed by atoms with E-state index in [2.05, 4.69) is 5.64 Å². The third-order valence-electron chi connectivity index (χ3n) is 5.63. The highest BCUT2D eigenvalue weighted by Crippen LogP contribution is 2.49. The van der Waals surface area contributed by atoms with E-state index in [9.17, 15) is 14.0 Å². The molecule has 158 valence electrons. The summed E-state index contributed by atoms with van der Waals surface area (Å²) in [6.45, 7) is 6.56. The van der Waals surface area contributed by atoms with Gasteiger partial charge in [0.05, 0.1) is 17.7 Å². The molecule has 1 aromatic rings. The molecular weight excluding hydrogens is 381 g/mol. The van der Waals surface area contributed by atoms with E-state index in [1.165, 1.54) is 12.1 Å². The summed E-state index contributed by atoms with van der Waals surface area (Å²) < 4.78 is 19.6. The SMILES string of the molecule is CC(C)(C)OC(=O)N1CCC2(CC1)C(=O)N(C1CCONO1)c1ccc(F)cc12. The highest BCUT2D eigenvalue weighted by atomic mass is 19.1.